The van der Waals surface area contributed by atoms with Gasteiger partial charge in [-0.1, -0.05) is 5.16 Å². The van der Waals surface area contributed by atoms with Crippen LogP contribution in [0.5, 0.6) is 0 Å². The van der Waals surface area contributed by atoms with Crippen LogP contribution in [0.1, 0.15) is 42.7 Å². The number of aryl methyl sites for hydroxylation is 2. The van der Waals surface area contributed by atoms with Crippen LogP contribution in [0.2, 0.25) is 0 Å². The number of carbonyl (C=O) groups excluding carboxylic acids is 1. The van der Waals surface area contributed by atoms with E-state index in [0.717, 1.165) is 11.4 Å². The Labute approximate surface area is 117 Å². The standard InChI is InChI=1S/C14H17N3O3/c1-8-6-9(2)16-12(15-8)10-7-11(20-17-10)13(18)19-14(3,4)5/h6-7H,1-5H3. The third-order valence-corrected chi connectivity index (χ3v) is 2.32. The van der Waals surface area contributed by atoms with E-state index >= 15 is 0 Å². The van der Waals surface area contributed by atoms with E-state index in [9.17, 15) is 4.79 Å². The summed E-state index contributed by atoms with van der Waals surface area (Å²) in [4.78, 5) is 20.4. The highest BCUT2D eigenvalue weighted by atomic mass is 16.6. The average Bonchev–Trinajstić information content (AvgIpc) is 2.74. The summed E-state index contributed by atoms with van der Waals surface area (Å²) in [5, 5.41) is 3.82. The average molecular weight is 275 g/mol. The summed E-state index contributed by atoms with van der Waals surface area (Å²) in [5.41, 5.74) is 1.49. The summed E-state index contributed by atoms with van der Waals surface area (Å²) in [6, 6.07) is 3.35. The van der Waals surface area contributed by atoms with Crippen molar-refractivity contribution in [2.24, 2.45) is 0 Å². The largest absolute Gasteiger partial charge is 0.454 e. The zero-order valence-electron chi connectivity index (χ0n) is 12.2. The third-order valence-electron chi connectivity index (χ3n) is 2.32. The molecule has 0 radical (unpaired) electrons. The summed E-state index contributed by atoms with van der Waals surface area (Å²) >= 11 is 0. The molecule has 6 heteroatoms. The van der Waals surface area contributed by atoms with E-state index in [4.69, 9.17) is 9.26 Å². The second-order valence-corrected chi connectivity index (χ2v) is 5.55. The molecule has 0 aliphatic heterocycles. The van der Waals surface area contributed by atoms with Gasteiger partial charge in [0.25, 0.3) is 0 Å². The van der Waals surface area contributed by atoms with Crippen molar-refractivity contribution in [3.8, 4) is 11.5 Å². The van der Waals surface area contributed by atoms with Gasteiger partial charge in [0, 0.05) is 17.5 Å². The molecule has 20 heavy (non-hydrogen) atoms. The molecule has 0 spiro atoms. The molecule has 0 amide bonds. The lowest BCUT2D eigenvalue weighted by Crippen LogP contribution is -2.23. The highest BCUT2D eigenvalue weighted by molar-refractivity contribution is 5.87. The topological polar surface area (TPSA) is 78.1 Å². The summed E-state index contributed by atoms with van der Waals surface area (Å²) < 4.78 is 10.2. The van der Waals surface area contributed by atoms with Crippen LogP contribution in [0.4, 0.5) is 0 Å². The van der Waals surface area contributed by atoms with Gasteiger partial charge in [-0.05, 0) is 40.7 Å². The van der Waals surface area contributed by atoms with Crippen molar-refractivity contribution in [1.82, 2.24) is 15.1 Å². The molecule has 0 fully saturated rings. The number of nitrogens with zero attached hydrogens (tertiary/aromatic N) is 3. The Hall–Kier alpha value is -2.24. The molecule has 106 valence electrons. The Balaban J connectivity index is 2.27. The summed E-state index contributed by atoms with van der Waals surface area (Å²) in [6.45, 7) is 9.10. The molecule has 2 heterocycles. The molecule has 0 N–H and O–H groups in total. The maximum absolute atomic E-state index is 11.8. The highest BCUT2D eigenvalue weighted by Gasteiger charge is 2.22. The van der Waals surface area contributed by atoms with Crippen molar-refractivity contribution in [2.45, 2.75) is 40.2 Å². The quantitative estimate of drug-likeness (QED) is 0.784. The first-order valence-electron chi connectivity index (χ1n) is 6.27. The number of rotatable bonds is 2. The van der Waals surface area contributed by atoms with Crippen molar-refractivity contribution in [3.63, 3.8) is 0 Å². The molecule has 0 atom stereocenters. The molecule has 0 saturated carbocycles. The number of aromatic nitrogens is 3. The fourth-order valence-corrected chi connectivity index (χ4v) is 1.65. The molecule has 2 aromatic heterocycles. The van der Waals surface area contributed by atoms with E-state index in [2.05, 4.69) is 15.1 Å². The monoisotopic (exact) mass is 275 g/mol. The van der Waals surface area contributed by atoms with E-state index in [1.807, 2.05) is 19.9 Å². The van der Waals surface area contributed by atoms with Crippen molar-refractivity contribution < 1.29 is 14.1 Å². The Bertz CT molecular complexity index is 621. The number of esters is 1. The van der Waals surface area contributed by atoms with Gasteiger partial charge in [-0.2, -0.15) is 0 Å². The minimum atomic E-state index is -0.583. The van der Waals surface area contributed by atoms with Gasteiger partial charge in [-0.15, -0.1) is 0 Å². The van der Waals surface area contributed by atoms with Gasteiger partial charge in [0.1, 0.15) is 5.60 Å². The van der Waals surface area contributed by atoms with Crippen LogP contribution >= 0.6 is 0 Å². The van der Waals surface area contributed by atoms with Gasteiger partial charge < -0.3 is 9.26 Å². The first-order valence-corrected chi connectivity index (χ1v) is 6.27. The van der Waals surface area contributed by atoms with Gasteiger partial charge >= 0.3 is 5.97 Å². The van der Waals surface area contributed by atoms with Crippen LogP contribution in [0, 0.1) is 13.8 Å². The summed E-state index contributed by atoms with van der Waals surface area (Å²) in [7, 11) is 0. The van der Waals surface area contributed by atoms with Gasteiger partial charge in [0.15, 0.2) is 11.5 Å². The Morgan fingerprint density at radius 1 is 1.15 bits per heavy atom. The van der Waals surface area contributed by atoms with Crippen LogP contribution in [0.25, 0.3) is 11.5 Å². The Morgan fingerprint density at radius 3 is 2.30 bits per heavy atom. The van der Waals surface area contributed by atoms with Gasteiger partial charge in [0.05, 0.1) is 0 Å². The predicted octanol–water partition coefficient (Wildman–Crippen LogP) is 2.70. The van der Waals surface area contributed by atoms with Crippen molar-refractivity contribution in [3.05, 3.63) is 29.3 Å². The molecule has 2 rings (SSSR count). The van der Waals surface area contributed by atoms with Gasteiger partial charge in [-0.25, -0.2) is 14.8 Å². The van der Waals surface area contributed by atoms with Crippen LogP contribution in [0.3, 0.4) is 0 Å². The summed E-state index contributed by atoms with van der Waals surface area (Å²) in [5.74, 6) is -0.0839. The lowest BCUT2D eigenvalue weighted by molar-refractivity contribution is 0.00277. The van der Waals surface area contributed by atoms with Crippen LogP contribution in [-0.4, -0.2) is 26.7 Å². The third kappa shape index (κ3) is 3.40. The summed E-state index contributed by atoms with van der Waals surface area (Å²) in [6.07, 6.45) is 0. The lowest BCUT2D eigenvalue weighted by Gasteiger charge is -2.17. The first-order chi connectivity index (χ1) is 9.24. The van der Waals surface area contributed by atoms with Crippen molar-refractivity contribution in [2.75, 3.05) is 0 Å². The minimum absolute atomic E-state index is 0.0395. The van der Waals surface area contributed by atoms with Crippen molar-refractivity contribution >= 4 is 5.97 Å². The lowest BCUT2D eigenvalue weighted by atomic mass is 10.2. The zero-order chi connectivity index (χ0) is 14.9. The van der Waals surface area contributed by atoms with E-state index < -0.39 is 11.6 Å². The fraction of sp³-hybridized carbons (Fsp3) is 0.429. The fourth-order valence-electron chi connectivity index (χ4n) is 1.65. The number of hydrogen-bond acceptors (Lipinski definition) is 6. The molecule has 0 aromatic carbocycles. The molecular weight excluding hydrogens is 258 g/mol. The minimum Gasteiger partial charge on any atom is -0.454 e. The van der Waals surface area contributed by atoms with Crippen LogP contribution in [0.15, 0.2) is 16.7 Å². The maximum atomic E-state index is 11.8. The van der Waals surface area contributed by atoms with E-state index in [1.54, 1.807) is 20.8 Å². The van der Waals surface area contributed by atoms with E-state index in [0.29, 0.717) is 11.5 Å². The van der Waals surface area contributed by atoms with Crippen molar-refractivity contribution in [1.29, 1.82) is 0 Å². The molecule has 0 aliphatic rings. The van der Waals surface area contributed by atoms with Crippen LogP contribution < -0.4 is 0 Å². The molecule has 2 aromatic rings. The van der Waals surface area contributed by atoms with Gasteiger partial charge in [0.2, 0.25) is 5.76 Å². The van der Waals surface area contributed by atoms with E-state index in [1.165, 1.54) is 6.07 Å². The normalized spacial score (nSPS) is 11.4. The predicted molar refractivity (Wildman–Crippen MR) is 72.2 cm³/mol. The molecule has 6 nitrogen and oxygen atoms in total. The maximum Gasteiger partial charge on any atom is 0.377 e. The molecule has 0 bridgehead atoms. The molecule has 0 unspecified atom stereocenters. The number of carbonyl (C=O) groups is 1. The first kappa shape index (κ1) is 14.2. The van der Waals surface area contributed by atoms with Crippen LogP contribution in [-0.2, 0) is 4.74 Å². The Morgan fingerprint density at radius 2 is 1.75 bits per heavy atom. The SMILES string of the molecule is Cc1cc(C)nc(-c2cc(C(=O)OC(C)(C)C)on2)n1. The number of hydrogen-bond donors (Lipinski definition) is 0. The Kier molecular flexibility index (Phi) is 3.57. The second-order valence-electron chi connectivity index (χ2n) is 5.55. The molecular formula is C14H17N3O3. The molecule has 0 saturated heterocycles. The van der Waals surface area contributed by atoms with Gasteiger partial charge in [-0.3, -0.25) is 0 Å². The highest BCUT2D eigenvalue weighted by Crippen LogP contribution is 2.18. The smallest absolute Gasteiger partial charge is 0.377 e. The second kappa shape index (κ2) is 5.03. The number of ether oxygens (including phenoxy) is 1. The van der Waals surface area contributed by atoms with E-state index in [-0.39, 0.29) is 5.76 Å². The molecule has 0 aliphatic carbocycles. The zero-order valence-corrected chi connectivity index (χ0v) is 12.2.